The highest BCUT2D eigenvalue weighted by Crippen LogP contribution is 2.23. The zero-order valence-electron chi connectivity index (χ0n) is 10.7. The van der Waals surface area contributed by atoms with Crippen LogP contribution in [-0.2, 0) is 17.6 Å². The number of benzene rings is 1. The van der Waals surface area contributed by atoms with Gasteiger partial charge in [-0.05, 0) is 37.5 Å². The van der Waals surface area contributed by atoms with E-state index in [2.05, 4.69) is 6.58 Å². The maximum atomic E-state index is 11.0. The van der Waals surface area contributed by atoms with Crippen LogP contribution in [0.1, 0.15) is 25.0 Å². The van der Waals surface area contributed by atoms with Crippen LogP contribution in [0.15, 0.2) is 30.4 Å². The van der Waals surface area contributed by atoms with E-state index in [0.717, 1.165) is 16.7 Å². The van der Waals surface area contributed by atoms with Gasteiger partial charge in [-0.3, -0.25) is 4.79 Å². The zero-order chi connectivity index (χ0) is 13.9. The molecule has 0 saturated carbocycles. The van der Waals surface area contributed by atoms with Crippen LogP contribution in [-0.4, -0.2) is 21.7 Å². The fraction of sp³-hybridized carbons (Fsp3) is 0.357. The van der Waals surface area contributed by atoms with E-state index < -0.39 is 11.5 Å². The molecule has 1 aromatic rings. The summed E-state index contributed by atoms with van der Waals surface area (Å²) in [5.41, 5.74) is 6.85. The second-order valence-electron chi connectivity index (χ2n) is 5.00. The quantitative estimate of drug-likeness (QED) is 0.695. The number of aromatic hydroxyl groups is 1. The summed E-state index contributed by atoms with van der Waals surface area (Å²) in [7, 11) is 0. The lowest BCUT2D eigenvalue weighted by Crippen LogP contribution is -2.46. The van der Waals surface area contributed by atoms with Crippen LogP contribution < -0.4 is 5.73 Å². The van der Waals surface area contributed by atoms with Gasteiger partial charge in [-0.2, -0.15) is 0 Å². The molecule has 0 aliphatic rings. The molecule has 0 saturated heterocycles. The van der Waals surface area contributed by atoms with Crippen LogP contribution in [0.5, 0.6) is 5.75 Å². The van der Waals surface area contributed by atoms with Crippen molar-refractivity contribution in [2.45, 2.75) is 32.2 Å². The molecule has 4 nitrogen and oxygen atoms in total. The Bertz CT molecular complexity index is 478. The summed E-state index contributed by atoms with van der Waals surface area (Å²) in [5, 5.41) is 18.7. The predicted molar refractivity (Wildman–Crippen MR) is 70.6 cm³/mol. The Kier molecular flexibility index (Phi) is 4.14. The molecule has 0 unspecified atom stereocenters. The van der Waals surface area contributed by atoms with Gasteiger partial charge in [0.25, 0.3) is 0 Å². The number of phenolic OH excluding ortho intramolecular Hbond substituents is 1. The van der Waals surface area contributed by atoms with E-state index in [1.165, 1.54) is 6.92 Å². The van der Waals surface area contributed by atoms with Crippen LogP contribution >= 0.6 is 0 Å². The first-order chi connectivity index (χ1) is 8.22. The Morgan fingerprint density at radius 2 is 2.11 bits per heavy atom. The van der Waals surface area contributed by atoms with Crippen LogP contribution in [0, 0.1) is 0 Å². The van der Waals surface area contributed by atoms with E-state index in [9.17, 15) is 9.90 Å². The van der Waals surface area contributed by atoms with Crippen LogP contribution in [0.3, 0.4) is 0 Å². The molecule has 0 aliphatic carbocycles. The van der Waals surface area contributed by atoms with Gasteiger partial charge in [-0.25, -0.2) is 0 Å². The first kappa shape index (κ1) is 14.3. The number of carboxylic acids is 1. The van der Waals surface area contributed by atoms with Crippen molar-refractivity contribution < 1.29 is 15.0 Å². The van der Waals surface area contributed by atoms with Crippen molar-refractivity contribution in [2.24, 2.45) is 5.73 Å². The lowest BCUT2D eigenvalue weighted by molar-refractivity contribution is -0.142. The monoisotopic (exact) mass is 249 g/mol. The minimum absolute atomic E-state index is 0.191. The fourth-order valence-corrected chi connectivity index (χ4v) is 1.72. The average molecular weight is 249 g/mol. The number of nitrogens with two attached hydrogens (primary N) is 1. The standard InChI is InChI=1S/C14H19NO3/c1-9(2)6-11-7-10(4-5-12(11)16)8-14(3,15)13(17)18/h4-5,7,16H,1,6,8,15H2,2-3H3,(H,17,18)/t14-/m0/s1. The molecule has 1 atom stereocenters. The highest BCUT2D eigenvalue weighted by molar-refractivity contribution is 5.78. The number of phenols is 1. The minimum Gasteiger partial charge on any atom is -0.508 e. The predicted octanol–water partition coefficient (Wildman–Crippen LogP) is 1.86. The Morgan fingerprint density at radius 1 is 1.50 bits per heavy atom. The number of aliphatic carboxylic acids is 1. The van der Waals surface area contributed by atoms with Gasteiger partial charge in [0.2, 0.25) is 0 Å². The molecule has 0 bridgehead atoms. The smallest absolute Gasteiger partial charge is 0.323 e. The molecule has 98 valence electrons. The Labute approximate surface area is 107 Å². The van der Waals surface area contributed by atoms with Gasteiger partial charge < -0.3 is 15.9 Å². The summed E-state index contributed by atoms with van der Waals surface area (Å²) in [6, 6.07) is 5.02. The Hall–Kier alpha value is -1.81. The first-order valence-electron chi connectivity index (χ1n) is 5.70. The number of carbonyl (C=O) groups is 1. The number of allylic oxidation sites excluding steroid dienone is 1. The lowest BCUT2D eigenvalue weighted by Gasteiger charge is -2.19. The fourth-order valence-electron chi connectivity index (χ4n) is 1.72. The molecule has 0 aliphatic heterocycles. The minimum atomic E-state index is -1.31. The highest BCUT2D eigenvalue weighted by Gasteiger charge is 2.28. The average Bonchev–Trinajstić information content (AvgIpc) is 2.21. The maximum Gasteiger partial charge on any atom is 0.323 e. The lowest BCUT2D eigenvalue weighted by atomic mass is 9.92. The zero-order valence-corrected chi connectivity index (χ0v) is 10.7. The molecule has 4 N–H and O–H groups in total. The number of hydrogen-bond acceptors (Lipinski definition) is 3. The van der Waals surface area contributed by atoms with Crippen molar-refractivity contribution in [3.63, 3.8) is 0 Å². The highest BCUT2D eigenvalue weighted by atomic mass is 16.4. The van der Waals surface area contributed by atoms with Crippen molar-refractivity contribution in [1.29, 1.82) is 0 Å². The van der Waals surface area contributed by atoms with Crippen molar-refractivity contribution in [2.75, 3.05) is 0 Å². The van der Waals surface area contributed by atoms with Crippen LogP contribution in [0.2, 0.25) is 0 Å². The summed E-state index contributed by atoms with van der Waals surface area (Å²) in [4.78, 5) is 11.0. The topological polar surface area (TPSA) is 83.6 Å². The number of hydrogen-bond donors (Lipinski definition) is 3. The van der Waals surface area contributed by atoms with Gasteiger partial charge in [0.1, 0.15) is 11.3 Å². The normalized spacial score (nSPS) is 13.9. The van der Waals surface area contributed by atoms with E-state index in [-0.39, 0.29) is 12.2 Å². The van der Waals surface area contributed by atoms with Gasteiger partial charge in [0.05, 0.1) is 0 Å². The van der Waals surface area contributed by atoms with E-state index >= 15 is 0 Å². The van der Waals surface area contributed by atoms with Gasteiger partial charge in [0, 0.05) is 6.42 Å². The summed E-state index contributed by atoms with van der Waals surface area (Å²) >= 11 is 0. The summed E-state index contributed by atoms with van der Waals surface area (Å²) < 4.78 is 0. The van der Waals surface area contributed by atoms with Crippen molar-refractivity contribution in [3.8, 4) is 5.75 Å². The van der Waals surface area contributed by atoms with E-state index in [0.29, 0.717) is 6.42 Å². The molecule has 0 radical (unpaired) electrons. The molecule has 0 aromatic heterocycles. The van der Waals surface area contributed by atoms with E-state index in [4.69, 9.17) is 10.8 Å². The summed E-state index contributed by atoms with van der Waals surface area (Å²) in [6.45, 7) is 7.14. The first-order valence-corrected chi connectivity index (χ1v) is 5.70. The molecule has 18 heavy (non-hydrogen) atoms. The number of rotatable bonds is 5. The van der Waals surface area contributed by atoms with E-state index in [1.807, 2.05) is 6.92 Å². The number of carboxylic acid groups (broad SMARTS) is 1. The van der Waals surface area contributed by atoms with Gasteiger partial charge in [0.15, 0.2) is 0 Å². The Balaban J connectivity index is 2.98. The summed E-state index contributed by atoms with van der Waals surface area (Å²) in [5.74, 6) is -0.854. The molecular formula is C14H19NO3. The largest absolute Gasteiger partial charge is 0.508 e. The molecule has 0 heterocycles. The molecule has 0 fully saturated rings. The third-order valence-corrected chi connectivity index (χ3v) is 2.70. The van der Waals surface area contributed by atoms with Crippen molar-refractivity contribution in [3.05, 3.63) is 41.5 Å². The van der Waals surface area contributed by atoms with Crippen LogP contribution in [0.25, 0.3) is 0 Å². The molecule has 4 heteroatoms. The van der Waals surface area contributed by atoms with Gasteiger partial charge in [-0.1, -0.05) is 24.3 Å². The van der Waals surface area contributed by atoms with Crippen molar-refractivity contribution in [1.82, 2.24) is 0 Å². The van der Waals surface area contributed by atoms with E-state index in [1.54, 1.807) is 18.2 Å². The molecular weight excluding hydrogens is 230 g/mol. The third-order valence-electron chi connectivity index (χ3n) is 2.70. The third kappa shape index (κ3) is 3.60. The molecule has 0 amide bonds. The molecule has 0 spiro atoms. The van der Waals surface area contributed by atoms with Crippen LogP contribution in [0.4, 0.5) is 0 Å². The van der Waals surface area contributed by atoms with Gasteiger partial charge >= 0.3 is 5.97 Å². The second kappa shape index (κ2) is 5.23. The SMILES string of the molecule is C=C(C)Cc1cc(C[C@](C)(N)C(=O)O)ccc1O. The van der Waals surface area contributed by atoms with Crippen molar-refractivity contribution >= 4 is 5.97 Å². The molecule has 1 rings (SSSR count). The maximum absolute atomic E-state index is 11.0. The summed E-state index contributed by atoms with van der Waals surface area (Å²) in [6.07, 6.45) is 0.778. The second-order valence-corrected chi connectivity index (χ2v) is 5.00. The molecule has 1 aromatic carbocycles. The Morgan fingerprint density at radius 3 is 2.61 bits per heavy atom. The van der Waals surface area contributed by atoms with Gasteiger partial charge in [-0.15, -0.1) is 0 Å².